The van der Waals surface area contributed by atoms with Crippen LogP contribution in [0.15, 0.2) is 24.4 Å². The van der Waals surface area contributed by atoms with E-state index in [2.05, 4.69) is 26.9 Å². The maximum Gasteiger partial charge on any atom is 0.216 e. The number of piperidine rings is 1. The molecule has 1 aromatic carbocycles. The van der Waals surface area contributed by atoms with Gasteiger partial charge in [0, 0.05) is 17.8 Å². The molecule has 1 aliphatic rings. The Morgan fingerprint density at radius 2 is 2.07 bits per heavy atom. The van der Waals surface area contributed by atoms with E-state index >= 15 is 0 Å². The van der Waals surface area contributed by atoms with E-state index in [0.29, 0.717) is 40.7 Å². The van der Waals surface area contributed by atoms with Crippen molar-refractivity contribution in [3.63, 3.8) is 0 Å². The Kier molecular flexibility index (Phi) is 6.18. The topological polar surface area (TPSA) is 63.3 Å². The van der Waals surface area contributed by atoms with Crippen LogP contribution in [0.25, 0.3) is 22.4 Å². The van der Waals surface area contributed by atoms with Crippen molar-refractivity contribution in [2.75, 3.05) is 33.9 Å². The standard InChI is InChI=1S/C23H29FN4O2/c1-15-18(24)6-7-19-22(15)27-23(26-19)17-14-25-21(13-20(17)29-3)30-12-4-5-16-8-10-28(2)11-9-16/h6-7,13-14,16H,4-5,8-12H2,1-3H3,(H,26,27). The van der Waals surface area contributed by atoms with Gasteiger partial charge in [0.15, 0.2) is 0 Å². The number of pyridine rings is 1. The smallest absolute Gasteiger partial charge is 0.216 e. The summed E-state index contributed by atoms with van der Waals surface area (Å²) in [5, 5.41) is 0. The molecule has 0 aliphatic carbocycles. The van der Waals surface area contributed by atoms with Crippen LogP contribution in [0.4, 0.5) is 4.39 Å². The van der Waals surface area contributed by atoms with Gasteiger partial charge in [0.2, 0.25) is 5.88 Å². The van der Waals surface area contributed by atoms with Crippen LogP contribution in [-0.4, -0.2) is 53.7 Å². The number of nitrogens with one attached hydrogen (secondary N) is 1. The third-order valence-electron chi connectivity index (χ3n) is 6.00. The van der Waals surface area contributed by atoms with Crippen molar-refractivity contribution in [3.8, 4) is 23.0 Å². The molecule has 6 nitrogen and oxygen atoms in total. The Morgan fingerprint density at radius 1 is 1.27 bits per heavy atom. The highest BCUT2D eigenvalue weighted by Crippen LogP contribution is 2.32. The third kappa shape index (κ3) is 4.41. The van der Waals surface area contributed by atoms with Gasteiger partial charge in [-0.15, -0.1) is 0 Å². The van der Waals surface area contributed by atoms with Crippen molar-refractivity contribution in [1.82, 2.24) is 19.9 Å². The number of imidazole rings is 1. The molecule has 1 aliphatic heterocycles. The van der Waals surface area contributed by atoms with Gasteiger partial charge < -0.3 is 19.4 Å². The second-order valence-electron chi connectivity index (χ2n) is 8.11. The first-order valence-electron chi connectivity index (χ1n) is 10.6. The summed E-state index contributed by atoms with van der Waals surface area (Å²) < 4.78 is 25.2. The molecule has 3 aromatic rings. The van der Waals surface area contributed by atoms with E-state index in [-0.39, 0.29) is 5.82 Å². The number of nitrogens with zero attached hydrogens (tertiary/aromatic N) is 3. The molecule has 30 heavy (non-hydrogen) atoms. The fourth-order valence-corrected chi connectivity index (χ4v) is 4.06. The number of ether oxygens (including phenoxy) is 2. The summed E-state index contributed by atoms with van der Waals surface area (Å²) in [7, 11) is 3.79. The van der Waals surface area contributed by atoms with Crippen LogP contribution >= 0.6 is 0 Å². The van der Waals surface area contributed by atoms with Gasteiger partial charge in [-0.25, -0.2) is 14.4 Å². The van der Waals surface area contributed by atoms with Crippen molar-refractivity contribution in [2.45, 2.75) is 32.6 Å². The van der Waals surface area contributed by atoms with E-state index in [1.807, 2.05) is 0 Å². The zero-order valence-electron chi connectivity index (χ0n) is 17.9. The van der Waals surface area contributed by atoms with Crippen LogP contribution in [0.5, 0.6) is 11.6 Å². The minimum Gasteiger partial charge on any atom is -0.496 e. The molecular formula is C23H29FN4O2. The number of methoxy groups -OCH3 is 1. The molecule has 3 heterocycles. The molecule has 0 atom stereocenters. The second kappa shape index (κ2) is 9.00. The van der Waals surface area contributed by atoms with Crippen LogP contribution in [-0.2, 0) is 0 Å². The van der Waals surface area contributed by atoms with Crippen molar-refractivity contribution in [2.24, 2.45) is 5.92 Å². The molecule has 4 rings (SSSR count). The number of fused-ring (bicyclic) bond motifs is 1. The van der Waals surface area contributed by atoms with Gasteiger partial charge in [-0.1, -0.05) is 0 Å². The molecule has 1 fully saturated rings. The third-order valence-corrected chi connectivity index (χ3v) is 6.00. The molecule has 0 spiro atoms. The summed E-state index contributed by atoms with van der Waals surface area (Å²) in [6.45, 7) is 4.75. The average Bonchev–Trinajstić information content (AvgIpc) is 3.20. The molecule has 0 saturated carbocycles. The number of H-pyrrole nitrogens is 1. The summed E-state index contributed by atoms with van der Waals surface area (Å²) in [5.41, 5.74) is 2.63. The highest BCUT2D eigenvalue weighted by atomic mass is 19.1. The summed E-state index contributed by atoms with van der Waals surface area (Å²) in [6.07, 6.45) is 6.46. The minimum absolute atomic E-state index is 0.269. The lowest BCUT2D eigenvalue weighted by Crippen LogP contribution is -2.30. The molecule has 1 N–H and O–H groups in total. The van der Waals surface area contributed by atoms with Crippen LogP contribution < -0.4 is 9.47 Å². The number of aryl methyl sites for hydroxylation is 1. The molecular weight excluding hydrogens is 383 g/mol. The number of aromatic nitrogens is 3. The SMILES string of the molecule is COc1cc(OCCCC2CCN(C)CC2)ncc1-c1nc2c(C)c(F)ccc2[nH]1. The van der Waals surface area contributed by atoms with Gasteiger partial charge in [-0.05, 0) is 70.8 Å². The van der Waals surface area contributed by atoms with Crippen molar-refractivity contribution in [1.29, 1.82) is 0 Å². The monoisotopic (exact) mass is 412 g/mol. The molecule has 2 aromatic heterocycles. The number of hydrogen-bond acceptors (Lipinski definition) is 5. The van der Waals surface area contributed by atoms with Gasteiger partial charge >= 0.3 is 0 Å². The molecule has 7 heteroatoms. The molecule has 0 radical (unpaired) electrons. The molecule has 0 bridgehead atoms. The largest absolute Gasteiger partial charge is 0.496 e. The molecule has 0 unspecified atom stereocenters. The van der Waals surface area contributed by atoms with Gasteiger partial charge in [-0.3, -0.25) is 0 Å². The highest BCUT2D eigenvalue weighted by Gasteiger charge is 2.17. The Labute approximate surface area is 176 Å². The Hall–Kier alpha value is -2.67. The van der Waals surface area contributed by atoms with Crippen molar-refractivity contribution in [3.05, 3.63) is 35.8 Å². The van der Waals surface area contributed by atoms with Crippen LogP contribution in [0.3, 0.4) is 0 Å². The van der Waals surface area contributed by atoms with E-state index < -0.39 is 0 Å². The maximum absolute atomic E-state index is 13.8. The molecule has 0 amide bonds. The minimum atomic E-state index is -0.269. The number of aromatic amines is 1. The summed E-state index contributed by atoms with van der Waals surface area (Å²) >= 11 is 0. The Morgan fingerprint density at radius 3 is 2.83 bits per heavy atom. The van der Waals surface area contributed by atoms with E-state index in [1.54, 1.807) is 32.4 Å². The number of hydrogen-bond donors (Lipinski definition) is 1. The highest BCUT2D eigenvalue weighted by molar-refractivity contribution is 5.83. The van der Waals surface area contributed by atoms with E-state index in [4.69, 9.17) is 9.47 Å². The summed E-state index contributed by atoms with van der Waals surface area (Å²) in [6, 6.07) is 4.92. The van der Waals surface area contributed by atoms with E-state index in [9.17, 15) is 4.39 Å². The lowest BCUT2D eigenvalue weighted by atomic mass is 9.93. The number of rotatable bonds is 7. The predicted octanol–water partition coefficient (Wildman–Crippen LogP) is 4.58. The van der Waals surface area contributed by atoms with Gasteiger partial charge in [0.25, 0.3) is 0 Å². The Bertz CT molecular complexity index is 1010. The Balaban J connectivity index is 1.41. The zero-order chi connectivity index (χ0) is 21.1. The number of likely N-dealkylation sites (tertiary alicyclic amines) is 1. The lowest BCUT2D eigenvalue weighted by Gasteiger charge is -2.28. The fourth-order valence-electron chi connectivity index (χ4n) is 4.06. The van der Waals surface area contributed by atoms with E-state index in [0.717, 1.165) is 17.9 Å². The first-order chi connectivity index (χ1) is 14.5. The number of halogens is 1. The first-order valence-corrected chi connectivity index (χ1v) is 10.6. The van der Waals surface area contributed by atoms with Crippen LogP contribution in [0.2, 0.25) is 0 Å². The van der Waals surface area contributed by atoms with Gasteiger partial charge in [0.05, 0.1) is 30.3 Å². The normalized spacial score (nSPS) is 15.6. The first kappa shape index (κ1) is 20.6. The van der Waals surface area contributed by atoms with E-state index in [1.165, 1.54) is 38.4 Å². The lowest BCUT2D eigenvalue weighted by molar-refractivity contribution is 0.199. The molecule has 160 valence electrons. The average molecular weight is 413 g/mol. The predicted molar refractivity (Wildman–Crippen MR) is 116 cm³/mol. The van der Waals surface area contributed by atoms with Gasteiger partial charge in [-0.2, -0.15) is 0 Å². The maximum atomic E-state index is 13.8. The summed E-state index contributed by atoms with van der Waals surface area (Å²) in [5.74, 6) is 2.28. The summed E-state index contributed by atoms with van der Waals surface area (Å²) in [4.78, 5) is 14.6. The van der Waals surface area contributed by atoms with Crippen LogP contribution in [0, 0.1) is 18.7 Å². The van der Waals surface area contributed by atoms with Crippen molar-refractivity contribution < 1.29 is 13.9 Å². The zero-order valence-corrected chi connectivity index (χ0v) is 17.9. The number of benzene rings is 1. The van der Waals surface area contributed by atoms with Crippen molar-refractivity contribution >= 4 is 11.0 Å². The second-order valence-corrected chi connectivity index (χ2v) is 8.11. The quantitative estimate of drug-likeness (QED) is 0.576. The van der Waals surface area contributed by atoms with Crippen LogP contribution in [0.1, 0.15) is 31.2 Å². The molecule has 1 saturated heterocycles. The van der Waals surface area contributed by atoms with Gasteiger partial charge in [0.1, 0.15) is 17.4 Å². The fraction of sp³-hybridized carbons (Fsp3) is 0.478.